The summed E-state index contributed by atoms with van der Waals surface area (Å²) in [6, 6.07) is 0. The summed E-state index contributed by atoms with van der Waals surface area (Å²) >= 11 is 0. The van der Waals surface area contributed by atoms with E-state index in [9.17, 15) is 8.22 Å². The predicted molar refractivity (Wildman–Crippen MR) is 20.9 cm³/mol. The number of rotatable bonds is 0. The third-order valence-electron chi connectivity index (χ3n) is 0. The van der Waals surface area contributed by atoms with E-state index >= 15 is 0 Å². The summed E-state index contributed by atoms with van der Waals surface area (Å²) in [6.45, 7) is 0. The molecule has 0 spiro atoms. The van der Waals surface area contributed by atoms with Crippen molar-refractivity contribution >= 4 is 45.8 Å². The minimum absolute atomic E-state index is 0. The molecule has 0 aromatic carbocycles. The van der Waals surface area contributed by atoms with E-state index in [2.05, 4.69) is 0 Å². The summed E-state index contributed by atoms with van der Waals surface area (Å²) in [5.41, 5.74) is 0. The molecule has 4 nitrogen and oxygen atoms in total. The Kier molecular flexibility index (Phi) is 20.2. The fraction of sp³-hybridized carbons (Fsp3) is 0. The molecule has 0 amide bonds. The van der Waals surface area contributed by atoms with Gasteiger partial charge in [-0.05, 0) is 0 Å². The zero-order valence-corrected chi connectivity index (χ0v) is 9.78. The molecule has 0 saturated heterocycles. The first kappa shape index (κ1) is 16.2. The summed E-state index contributed by atoms with van der Waals surface area (Å²) in [7, 11) is -7.76. The standard InChI is InChI=1S/2FO2Si.Pb/c2*1-4(2)3;/q2*-1;+2. The average Bonchev–Trinajstić information content (AvgIpc) is 1.25. The van der Waals surface area contributed by atoms with Crippen molar-refractivity contribution in [3.8, 4) is 0 Å². The molecule has 9 heavy (non-hydrogen) atoms. The van der Waals surface area contributed by atoms with Gasteiger partial charge in [0.2, 0.25) is 0 Å². The number of hydrogen-bond acceptors (Lipinski definition) is 4. The van der Waals surface area contributed by atoms with E-state index in [1.165, 1.54) is 0 Å². The third kappa shape index (κ3) is 2000. The van der Waals surface area contributed by atoms with Crippen molar-refractivity contribution in [3.05, 3.63) is 0 Å². The maximum Gasteiger partial charge on any atom is 2.00 e. The van der Waals surface area contributed by atoms with Crippen LogP contribution in [0.3, 0.4) is 0 Å². The fourth-order valence-electron chi connectivity index (χ4n) is 0. The topological polar surface area (TPSA) is 80.3 Å². The van der Waals surface area contributed by atoms with E-state index in [1.807, 2.05) is 0 Å². The first-order valence-electron chi connectivity index (χ1n) is 1.19. The Bertz CT molecular complexity index is 74.6. The second-order valence-electron chi connectivity index (χ2n) is 0.475. The van der Waals surface area contributed by atoms with Crippen molar-refractivity contribution in [1.29, 1.82) is 0 Å². The van der Waals surface area contributed by atoms with Crippen molar-refractivity contribution in [2.75, 3.05) is 0 Å². The monoisotopic (exact) mass is 366 g/mol. The molecule has 0 aromatic rings. The second kappa shape index (κ2) is 11.2. The van der Waals surface area contributed by atoms with Gasteiger partial charge in [0, 0.05) is 0 Å². The zero-order valence-electron chi connectivity index (χ0n) is 3.89. The summed E-state index contributed by atoms with van der Waals surface area (Å²) in [6.07, 6.45) is 0. The van der Waals surface area contributed by atoms with Crippen LogP contribution in [0.2, 0.25) is 0 Å². The predicted octanol–water partition coefficient (Wildman–Crippen LogP) is -2.92. The first-order chi connectivity index (χ1) is 3.46. The largest absolute Gasteiger partial charge is 2.00 e. The molecule has 0 aliphatic carbocycles. The van der Waals surface area contributed by atoms with Gasteiger partial charge in [0.15, 0.2) is 0 Å². The van der Waals surface area contributed by atoms with Gasteiger partial charge in [-0.1, -0.05) is 0 Å². The summed E-state index contributed by atoms with van der Waals surface area (Å²) in [5.74, 6) is 0. The van der Waals surface area contributed by atoms with Crippen LogP contribution in [-0.2, 0) is 8.92 Å². The molecule has 0 aromatic heterocycles. The van der Waals surface area contributed by atoms with E-state index in [0.717, 1.165) is 0 Å². The zero-order chi connectivity index (χ0) is 7.15. The van der Waals surface area contributed by atoms with Gasteiger partial charge in [-0.2, -0.15) is 0 Å². The van der Waals surface area contributed by atoms with Crippen LogP contribution in [0.25, 0.3) is 0 Å². The van der Waals surface area contributed by atoms with Gasteiger partial charge in [-0.25, -0.2) is 0 Å². The van der Waals surface area contributed by atoms with Crippen LogP contribution < -0.4 is 9.59 Å². The van der Waals surface area contributed by atoms with Crippen LogP contribution in [0.4, 0.5) is 8.22 Å². The van der Waals surface area contributed by atoms with Crippen molar-refractivity contribution in [2.24, 2.45) is 0 Å². The van der Waals surface area contributed by atoms with Gasteiger partial charge in [-0.3, -0.25) is 8.22 Å². The summed E-state index contributed by atoms with van der Waals surface area (Å²) in [4.78, 5) is 16.8. The average molecular weight is 365 g/mol. The van der Waals surface area contributed by atoms with Gasteiger partial charge in [0.1, 0.15) is 0 Å². The smallest absolute Gasteiger partial charge is 0.560 e. The molecule has 0 saturated carbocycles. The van der Waals surface area contributed by atoms with E-state index in [1.54, 1.807) is 0 Å². The molecular weight excluding hydrogens is 365 g/mol. The normalized spacial score (nSPS) is 5.56. The molecule has 50 valence electrons. The summed E-state index contributed by atoms with van der Waals surface area (Å²) in [5, 5.41) is 0. The molecule has 2 radical (unpaired) electrons. The third-order valence-corrected chi connectivity index (χ3v) is 0. The van der Waals surface area contributed by atoms with Crippen LogP contribution in [0.1, 0.15) is 0 Å². The number of hydrogen-bond donors (Lipinski definition) is 0. The molecule has 0 rings (SSSR count). The maximum absolute atomic E-state index is 9.99. The van der Waals surface area contributed by atoms with Gasteiger partial charge < -0.3 is 18.5 Å². The Hall–Kier alpha value is 0.416. The van der Waals surface area contributed by atoms with E-state index in [-0.39, 0.29) is 27.3 Å². The van der Waals surface area contributed by atoms with Crippen LogP contribution in [0.15, 0.2) is 0 Å². The molecule has 0 fully saturated rings. The van der Waals surface area contributed by atoms with E-state index in [0.29, 0.717) is 0 Å². The van der Waals surface area contributed by atoms with E-state index in [4.69, 9.17) is 18.5 Å². The Labute approximate surface area is 72.6 Å². The van der Waals surface area contributed by atoms with Gasteiger partial charge in [0.25, 0.3) is 0 Å². The van der Waals surface area contributed by atoms with Crippen molar-refractivity contribution in [3.63, 3.8) is 0 Å². The van der Waals surface area contributed by atoms with Gasteiger partial charge in [-0.15, -0.1) is 0 Å². The molecule has 0 unspecified atom stereocenters. The molecule has 9 heteroatoms. The van der Waals surface area contributed by atoms with Crippen molar-refractivity contribution in [1.82, 2.24) is 0 Å². The van der Waals surface area contributed by atoms with E-state index < -0.39 is 18.5 Å². The molecule has 0 heterocycles. The first-order valence-corrected chi connectivity index (χ1v) is 3.58. The van der Waals surface area contributed by atoms with Crippen molar-refractivity contribution in [2.45, 2.75) is 0 Å². The molecule has 0 N–H and O–H groups in total. The second-order valence-corrected chi connectivity index (χ2v) is 1.43. The van der Waals surface area contributed by atoms with Gasteiger partial charge >= 0.3 is 45.8 Å². The van der Waals surface area contributed by atoms with Crippen LogP contribution in [0.5, 0.6) is 0 Å². The molecule has 0 bridgehead atoms. The maximum atomic E-state index is 9.99. The molecular formula is F2O4PbSi2. The Morgan fingerprint density at radius 1 is 1.00 bits per heavy atom. The summed E-state index contributed by atoms with van der Waals surface area (Å²) < 4.78 is 36.8. The molecule has 0 aliphatic rings. The minimum Gasteiger partial charge on any atom is -0.560 e. The Balaban J connectivity index is -0.0000000720. The van der Waals surface area contributed by atoms with Gasteiger partial charge in [0.05, 0.1) is 0 Å². The van der Waals surface area contributed by atoms with Crippen LogP contribution in [-0.4, -0.2) is 45.8 Å². The van der Waals surface area contributed by atoms with Crippen molar-refractivity contribution < 1.29 is 26.7 Å². The Morgan fingerprint density at radius 3 is 1.00 bits per heavy atom. The minimum atomic E-state index is -3.88. The van der Waals surface area contributed by atoms with Crippen LogP contribution >= 0.6 is 0 Å². The number of halogens is 2. The van der Waals surface area contributed by atoms with Crippen LogP contribution in [0, 0.1) is 0 Å². The molecule has 0 atom stereocenters. The quantitative estimate of drug-likeness (QED) is 0.340. The Morgan fingerprint density at radius 2 is 1.00 bits per heavy atom. The fourth-order valence-corrected chi connectivity index (χ4v) is 0. The molecule has 0 aliphatic heterocycles. The SMILES string of the molecule is O=[Si]([O-])F.O=[Si]([O-])F.[Pb+2].